The summed E-state index contributed by atoms with van der Waals surface area (Å²) in [6, 6.07) is 15.2. The molecule has 2 N–H and O–H groups in total. The van der Waals surface area contributed by atoms with Crippen molar-refractivity contribution in [2.75, 3.05) is 32.7 Å². The highest BCUT2D eigenvalue weighted by Crippen LogP contribution is 2.30. The van der Waals surface area contributed by atoms with Crippen LogP contribution >= 0.6 is 11.3 Å². The van der Waals surface area contributed by atoms with Gasteiger partial charge in [-0.2, -0.15) is 0 Å². The summed E-state index contributed by atoms with van der Waals surface area (Å²) in [5.41, 5.74) is 2.52. The Kier molecular flexibility index (Phi) is 6.27. The number of aromatic amines is 1. The number of nitrogens with one attached hydrogen (secondary N) is 2. The summed E-state index contributed by atoms with van der Waals surface area (Å²) in [6.45, 7) is 5.83. The minimum absolute atomic E-state index is 0.121. The number of nitrogens with zero attached hydrogens (tertiary/aromatic N) is 2. The molecule has 2 aliphatic heterocycles. The number of fused-ring (bicyclic) bond motifs is 1. The van der Waals surface area contributed by atoms with E-state index in [1.165, 1.54) is 34.3 Å². The third kappa shape index (κ3) is 4.96. The molecule has 2 amide bonds. The fraction of sp³-hybridized carbons (Fsp3) is 0.480. The summed E-state index contributed by atoms with van der Waals surface area (Å²) in [6.07, 6.45) is 4.41. The lowest BCUT2D eigenvalue weighted by molar-refractivity contribution is 0.163. The average Bonchev–Trinajstić information content (AvgIpc) is 3.48. The Morgan fingerprint density at radius 3 is 2.58 bits per heavy atom. The quantitative estimate of drug-likeness (QED) is 0.589. The van der Waals surface area contributed by atoms with E-state index in [4.69, 9.17) is 0 Å². The van der Waals surface area contributed by atoms with Crippen molar-refractivity contribution in [1.29, 1.82) is 0 Å². The number of urea groups is 1. The van der Waals surface area contributed by atoms with Gasteiger partial charge in [-0.05, 0) is 73.7 Å². The van der Waals surface area contributed by atoms with E-state index in [1.807, 2.05) is 16.2 Å². The second-order valence-corrected chi connectivity index (χ2v) is 10.1. The van der Waals surface area contributed by atoms with Crippen LogP contribution in [0.15, 0.2) is 47.8 Å². The Labute approximate surface area is 188 Å². The maximum atomic E-state index is 12.7. The molecule has 31 heavy (non-hydrogen) atoms. The zero-order valence-electron chi connectivity index (χ0n) is 18.1. The Bertz CT molecular complexity index is 949. The number of carbonyl (C=O) groups is 1. The van der Waals surface area contributed by atoms with Crippen LogP contribution in [0.4, 0.5) is 4.79 Å². The molecule has 5 rings (SSSR count). The van der Waals surface area contributed by atoms with E-state index in [1.54, 1.807) is 0 Å². The third-order valence-corrected chi connectivity index (χ3v) is 7.84. The number of piperidine rings is 2. The van der Waals surface area contributed by atoms with Crippen molar-refractivity contribution in [2.45, 2.75) is 38.1 Å². The van der Waals surface area contributed by atoms with Crippen LogP contribution in [-0.2, 0) is 6.54 Å². The van der Waals surface area contributed by atoms with Crippen molar-refractivity contribution < 1.29 is 4.79 Å². The minimum Gasteiger partial charge on any atom is -0.358 e. The average molecular weight is 437 g/mol. The molecule has 3 aromatic rings. The molecule has 4 heterocycles. The number of hydrogen-bond donors (Lipinski definition) is 2. The maximum absolute atomic E-state index is 12.7. The molecule has 0 atom stereocenters. The molecule has 0 unspecified atom stereocenters. The van der Waals surface area contributed by atoms with Crippen LogP contribution in [0.2, 0.25) is 0 Å². The van der Waals surface area contributed by atoms with Crippen molar-refractivity contribution in [3.8, 4) is 0 Å². The number of thiophene rings is 1. The molecular formula is C25H32N4OS. The molecule has 2 saturated heterocycles. The lowest BCUT2D eigenvalue weighted by atomic mass is 9.93. The van der Waals surface area contributed by atoms with Crippen molar-refractivity contribution in [3.63, 3.8) is 0 Å². The Hall–Kier alpha value is -2.31. The topological polar surface area (TPSA) is 51.4 Å². The van der Waals surface area contributed by atoms with Crippen LogP contribution < -0.4 is 5.32 Å². The van der Waals surface area contributed by atoms with Gasteiger partial charge >= 0.3 is 6.03 Å². The van der Waals surface area contributed by atoms with Gasteiger partial charge in [-0.25, -0.2) is 4.79 Å². The van der Waals surface area contributed by atoms with E-state index < -0.39 is 0 Å². The molecule has 0 saturated carbocycles. The van der Waals surface area contributed by atoms with Crippen LogP contribution in [0.1, 0.15) is 42.2 Å². The van der Waals surface area contributed by atoms with E-state index in [0.29, 0.717) is 11.8 Å². The third-order valence-electron chi connectivity index (χ3n) is 6.98. The first-order valence-corrected chi connectivity index (χ1v) is 12.5. The van der Waals surface area contributed by atoms with Crippen LogP contribution in [-0.4, -0.2) is 53.5 Å². The summed E-state index contributed by atoms with van der Waals surface area (Å²) in [5, 5.41) is 6.65. The summed E-state index contributed by atoms with van der Waals surface area (Å²) in [7, 11) is 0. The van der Waals surface area contributed by atoms with Gasteiger partial charge in [-0.15, -0.1) is 11.3 Å². The van der Waals surface area contributed by atoms with Crippen molar-refractivity contribution >= 4 is 28.3 Å². The Morgan fingerprint density at radius 1 is 1.03 bits per heavy atom. The first-order valence-electron chi connectivity index (χ1n) is 11.6. The van der Waals surface area contributed by atoms with Gasteiger partial charge in [0.05, 0.1) is 0 Å². The molecule has 0 aliphatic carbocycles. The number of H-pyrrole nitrogens is 1. The van der Waals surface area contributed by atoms with E-state index in [2.05, 4.69) is 63.0 Å². The summed E-state index contributed by atoms with van der Waals surface area (Å²) in [4.78, 5) is 22.3. The Morgan fingerprint density at radius 2 is 1.84 bits per heavy atom. The number of carbonyl (C=O) groups excluding carboxylic acids is 1. The molecule has 2 aromatic heterocycles. The van der Waals surface area contributed by atoms with Gasteiger partial charge in [0, 0.05) is 48.2 Å². The van der Waals surface area contributed by atoms with Crippen molar-refractivity contribution in [3.05, 3.63) is 58.4 Å². The number of para-hydroxylation sites is 1. The molecule has 2 aliphatic rings. The lowest BCUT2D eigenvalue weighted by Crippen LogP contribution is -2.46. The van der Waals surface area contributed by atoms with Crippen LogP contribution in [0.25, 0.3) is 10.9 Å². The zero-order valence-corrected chi connectivity index (χ0v) is 18.9. The highest BCUT2D eigenvalue weighted by atomic mass is 32.1. The highest BCUT2D eigenvalue weighted by Gasteiger charge is 2.26. The fourth-order valence-electron chi connectivity index (χ4n) is 5.02. The largest absolute Gasteiger partial charge is 0.358 e. The predicted octanol–water partition coefficient (Wildman–Crippen LogP) is 5.03. The Balaban J connectivity index is 1.04. The molecule has 0 radical (unpaired) electrons. The van der Waals surface area contributed by atoms with E-state index in [0.717, 1.165) is 52.1 Å². The number of amides is 2. The highest BCUT2D eigenvalue weighted by molar-refractivity contribution is 7.09. The molecule has 164 valence electrons. The summed E-state index contributed by atoms with van der Waals surface area (Å²) < 4.78 is 0. The minimum atomic E-state index is 0.121. The molecule has 6 heteroatoms. The van der Waals surface area contributed by atoms with Gasteiger partial charge in [-0.1, -0.05) is 24.3 Å². The summed E-state index contributed by atoms with van der Waals surface area (Å²) >= 11 is 1.84. The monoisotopic (exact) mass is 436 g/mol. The first kappa shape index (κ1) is 20.6. The molecular weight excluding hydrogens is 404 g/mol. The van der Waals surface area contributed by atoms with Crippen molar-refractivity contribution in [2.24, 2.45) is 5.92 Å². The molecule has 0 spiro atoms. The van der Waals surface area contributed by atoms with Gasteiger partial charge in [0.1, 0.15) is 0 Å². The molecule has 1 aromatic carbocycles. The lowest BCUT2D eigenvalue weighted by Gasteiger charge is -2.34. The van der Waals surface area contributed by atoms with Crippen LogP contribution in [0.5, 0.6) is 0 Å². The normalized spacial score (nSPS) is 19.2. The zero-order chi connectivity index (χ0) is 21.0. The number of benzene rings is 1. The standard InChI is InChI=1S/C25H32N4OS/c30-25(26-17-19-7-11-28(12-8-19)18-22-5-3-15-31-22)29-13-9-20(10-14-29)24-16-21-4-1-2-6-23(21)27-24/h1-6,15-16,19-20,27H,7-14,17-18H2,(H,26,30). The van der Waals surface area contributed by atoms with Gasteiger partial charge in [0.2, 0.25) is 0 Å². The first-order chi connectivity index (χ1) is 15.2. The van der Waals surface area contributed by atoms with Crippen LogP contribution in [0.3, 0.4) is 0 Å². The van der Waals surface area contributed by atoms with Crippen molar-refractivity contribution in [1.82, 2.24) is 20.1 Å². The SMILES string of the molecule is O=C(NCC1CCN(Cc2cccs2)CC1)N1CCC(c2cc3ccccc3[nH]2)CC1. The number of hydrogen-bond acceptors (Lipinski definition) is 3. The fourth-order valence-corrected chi connectivity index (χ4v) is 5.77. The second-order valence-electron chi connectivity index (χ2n) is 9.06. The van der Waals surface area contributed by atoms with E-state index in [9.17, 15) is 4.79 Å². The number of likely N-dealkylation sites (tertiary alicyclic amines) is 2. The molecule has 2 fully saturated rings. The smallest absolute Gasteiger partial charge is 0.317 e. The van der Waals surface area contributed by atoms with E-state index >= 15 is 0 Å². The van der Waals surface area contributed by atoms with E-state index in [-0.39, 0.29) is 6.03 Å². The number of rotatable bonds is 5. The maximum Gasteiger partial charge on any atom is 0.317 e. The van der Waals surface area contributed by atoms with Gasteiger partial charge < -0.3 is 15.2 Å². The molecule has 0 bridgehead atoms. The second kappa shape index (κ2) is 9.45. The van der Waals surface area contributed by atoms with Gasteiger partial charge in [0.25, 0.3) is 0 Å². The summed E-state index contributed by atoms with van der Waals surface area (Å²) in [5.74, 6) is 1.12. The van der Waals surface area contributed by atoms with Crippen LogP contribution in [0, 0.1) is 5.92 Å². The number of aromatic nitrogens is 1. The molecule has 5 nitrogen and oxygen atoms in total. The predicted molar refractivity (Wildman–Crippen MR) is 128 cm³/mol. The van der Waals surface area contributed by atoms with Gasteiger partial charge in [-0.3, -0.25) is 4.90 Å². The van der Waals surface area contributed by atoms with Gasteiger partial charge in [0.15, 0.2) is 0 Å².